The molecule has 1 fully saturated rings. The highest BCUT2D eigenvalue weighted by molar-refractivity contribution is 6.17. The first-order valence-corrected chi connectivity index (χ1v) is 8.88. The van der Waals surface area contributed by atoms with Crippen LogP contribution in [0, 0.1) is 19.3 Å². The number of aryl methyl sites for hydroxylation is 2. The van der Waals surface area contributed by atoms with Crippen molar-refractivity contribution in [2.24, 2.45) is 5.41 Å². The number of carbonyl (C=O) groups is 3. The zero-order chi connectivity index (χ0) is 19.6. The van der Waals surface area contributed by atoms with Crippen LogP contribution in [-0.2, 0) is 14.4 Å². The molecule has 0 heterocycles. The molecule has 0 saturated heterocycles. The first-order valence-electron chi connectivity index (χ1n) is 8.88. The molecule has 0 atom stereocenters. The fourth-order valence-electron chi connectivity index (χ4n) is 2.88. The van der Waals surface area contributed by atoms with E-state index in [1.807, 2.05) is 32.0 Å². The largest absolute Gasteiger partial charge is 0.326 e. The molecular weight excluding hydrogens is 342 g/mol. The van der Waals surface area contributed by atoms with Crippen LogP contribution in [0.2, 0.25) is 0 Å². The van der Waals surface area contributed by atoms with E-state index in [0.717, 1.165) is 11.1 Å². The summed E-state index contributed by atoms with van der Waals surface area (Å²) in [5.41, 5.74) is 3.00. The molecule has 2 aromatic carbocycles. The Morgan fingerprint density at radius 1 is 0.778 bits per heavy atom. The van der Waals surface area contributed by atoms with Gasteiger partial charge in [0.2, 0.25) is 17.7 Å². The maximum absolute atomic E-state index is 12.7. The number of hydrogen-bond donors (Lipinski definition) is 3. The molecule has 3 N–H and O–H groups in total. The van der Waals surface area contributed by atoms with Crippen molar-refractivity contribution in [1.82, 2.24) is 0 Å². The van der Waals surface area contributed by atoms with Gasteiger partial charge >= 0.3 is 0 Å². The molecule has 2 aromatic rings. The van der Waals surface area contributed by atoms with E-state index in [-0.39, 0.29) is 17.7 Å². The van der Waals surface area contributed by atoms with E-state index in [9.17, 15) is 14.4 Å². The van der Waals surface area contributed by atoms with Gasteiger partial charge in [0.1, 0.15) is 5.41 Å². The molecule has 6 nitrogen and oxygen atoms in total. The summed E-state index contributed by atoms with van der Waals surface area (Å²) in [5, 5.41) is 8.32. The molecule has 0 aromatic heterocycles. The van der Waals surface area contributed by atoms with Gasteiger partial charge in [-0.15, -0.1) is 0 Å². The second kappa shape index (κ2) is 7.23. The first kappa shape index (κ1) is 18.6. The van der Waals surface area contributed by atoms with Crippen LogP contribution in [0.25, 0.3) is 0 Å². The summed E-state index contributed by atoms with van der Waals surface area (Å²) >= 11 is 0. The molecule has 1 aliphatic carbocycles. The van der Waals surface area contributed by atoms with Crippen molar-refractivity contribution < 1.29 is 14.4 Å². The lowest BCUT2D eigenvalue weighted by Gasteiger charge is -2.16. The van der Waals surface area contributed by atoms with Crippen LogP contribution in [0.15, 0.2) is 42.5 Å². The molecule has 0 bridgehead atoms. The summed E-state index contributed by atoms with van der Waals surface area (Å²) in [6, 6.07) is 12.5. The Balaban J connectivity index is 1.69. The van der Waals surface area contributed by atoms with Crippen LogP contribution in [0.5, 0.6) is 0 Å². The number of benzene rings is 2. The van der Waals surface area contributed by atoms with Crippen LogP contribution < -0.4 is 16.0 Å². The first-order chi connectivity index (χ1) is 12.8. The van der Waals surface area contributed by atoms with Gasteiger partial charge in [0.25, 0.3) is 0 Å². The second-order valence-corrected chi connectivity index (χ2v) is 7.05. The Kier molecular flexibility index (Phi) is 4.99. The predicted octanol–water partition coefficient (Wildman–Crippen LogP) is 3.62. The lowest BCUT2D eigenvalue weighted by molar-refractivity contribution is -0.131. The SMILES string of the molecule is CC(=O)Nc1cccc(NC(=O)C2(C(=O)Nc3ccc(C)c(C)c3)CC2)c1. The van der Waals surface area contributed by atoms with Gasteiger partial charge in [0.05, 0.1) is 0 Å². The minimum Gasteiger partial charge on any atom is -0.326 e. The Morgan fingerprint density at radius 3 is 1.85 bits per heavy atom. The number of nitrogens with one attached hydrogen (secondary N) is 3. The van der Waals surface area contributed by atoms with Crippen molar-refractivity contribution in [1.29, 1.82) is 0 Å². The molecule has 3 amide bonds. The van der Waals surface area contributed by atoms with Crippen molar-refractivity contribution in [2.45, 2.75) is 33.6 Å². The highest BCUT2D eigenvalue weighted by Gasteiger charge is 2.56. The van der Waals surface area contributed by atoms with Gasteiger partial charge in [0.15, 0.2) is 0 Å². The number of hydrogen-bond acceptors (Lipinski definition) is 3. The number of rotatable bonds is 5. The van der Waals surface area contributed by atoms with Crippen LogP contribution in [0.4, 0.5) is 17.1 Å². The van der Waals surface area contributed by atoms with Crippen molar-refractivity contribution in [3.63, 3.8) is 0 Å². The Labute approximate surface area is 158 Å². The molecular formula is C21H23N3O3. The molecule has 0 spiro atoms. The molecule has 0 aliphatic heterocycles. The van der Waals surface area contributed by atoms with Gasteiger partial charge in [0, 0.05) is 24.0 Å². The van der Waals surface area contributed by atoms with E-state index in [1.54, 1.807) is 24.3 Å². The van der Waals surface area contributed by atoms with E-state index >= 15 is 0 Å². The predicted molar refractivity (Wildman–Crippen MR) is 106 cm³/mol. The van der Waals surface area contributed by atoms with Gasteiger partial charge in [-0.2, -0.15) is 0 Å². The van der Waals surface area contributed by atoms with Crippen LogP contribution >= 0.6 is 0 Å². The summed E-state index contributed by atoms with van der Waals surface area (Å²) in [4.78, 5) is 36.6. The fourth-order valence-corrected chi connectivity index (χ4v) is 2.88. The Morgan fingerprint density at radius 2 is 1.33 bits per heavy atom. The lowest BCUT2D eigenvalue weighted by atomic mass is 10.0. The minimum absolute atomic E-state index is 0.190. The van der Waals surface area contributed by atoms with E-state index in [1.165, 1.54) is 6.92 Å². The van der Waals surface area contributed by atoms with Crippen molar-refractivity contribution in [3.05, 3.63) is 53.6 Å². The zero-order valence-corrected chi connectivity index (χ0v) is 15.7. The van der Waals surface area contributed by atoms with Crippen LogP contribution in [0.3, 0.4) is 0 Å². The van der Waals surface area contributed by atoms with Gasteiger partial charge in [-0.3, -0.25) is 14.4 Å². The standard InChI is InChI=1S/C21H23N3O3/c1-13-7-8-18(11-14(13)2)24-20(27)21(9-10-21)19(26)23-17-6-4-5-16(12-17)22-15(3)25/h4-8,11-12H,9-10H2,1-3H3,(H,22,25)(H,23,26)(H,24,27). The quantitative estimate of drug-likeness (QED) is 0.707. The summed E-state index contributed by atoms with van der Waals surface area (Å²) in [6.45, 7) is 5.40. The topological polar surface area (TPSA) is 87.3 Å². The maximum atomic E-state index is 12.7. The lowest BCUT2D eigenvalue weighted by Crippen LogP contribution is -2.35. The highest BCUT2D eigenvalue weighted by Crippen LogP contribution is 2.47. The molecule has 0 unspecified atom stereocenters. The van der Waals surface area contributed by atoms with Crippen molar-refractivity contribution in [3.8, 4) is 0 Å². The van der Waals surface area contributed by atoms with Crippen molar-refractivity contribution in [2.75, 3.05) is 16.0 Å². The minimum atomic E-state index is -1.04. The van der Waals surface area contributed by atoms with Crippen LogP contribution in [-0.4, -0.2) is 17.7 Å². The third-order valence-corrected chi connectivity index (χ3v) is 4.82. The Bertz CT molecular complexity index is 917. The van der Waals surface area contributed by atoms with Crippen molar-refractivity contribution >= 4 is 34.8 Å². The van der Waals surface area contributed by atoms with Gasteiger partial charge in [-0.05, 0) is 68.1 Å². The summed E-state index contributed by atoms with van der Waals surface area (Å²) < 4.78 is 0. The number of carbonyl (C=O) groups excluding carboxylic acids is 3. The normalized spacial score (nSPS) is 14.2. The fraction of sp³-hybridized carbons (Fsp3) is 0.286. The van der Waals surface area contributed by atoms with Gasteiger partial charge in [-0.1, -0.05) is 12.1 Å². The summed E-state index contributed by atoms with van der Waals surface area (Å²) in [7, 11) is 0. The number of anilines is 3. The van der Waals surface area contributed by atoms with E-state index in [4.69, 9.17) is 0 Å². The van der Waals surface area contributed by atoms with E-state index < -0.39 is 5.41 Å². The van der Waals surface area contributed by atoms with Crippen LogP contribution in [0.1, 0.15) is 30.9 Å². The average molecular weight is 365 g/mol. The van der Waals surface area contributed by atoms with E-state index in [0.29, 0.717) is 29.9 Å². The molecule has 3 rings (SSSR count). The third kappa shape index (κ3) is 4.16. The monoisotopic (exact) mass is 365 g/mol. The van der Waals surface area contributed by atoms with Gasteiger partial charge < -0.3 is 16.0 Å². The molecule has 1 aliphatic rings. The smallest absolute Gasteiger partial charge is 0.240 e. The van der Waals surface area contributed by atoms with Gasteiger partial charge in [-0.25, -0.2) is 0 Å². The molecule has 27 heavy (non-hydrogen) atoms. The second-order valence-electron chi connectivity index (χ2n) is 7.05. The third-order valence-electron chi connectivity index (χ3n) is 4.82. The number of amides is 3. The van der Waals surface area contributed by atoms with E-state index in [2.05, 4.69) is 16.0 Å². The summed E-state index contributed by atoms with van der Waals surface area (Å²) in [5.74, 6) is -0.810. The molecule has 0 radical (unpaired) electrons. The highest BCUT2D eigenvalue weighted by atomic mass is 16.2. The summed E-state index contributed by atoms with van der Waals surface area (Å²) in [6.07, 6.45) is 1.03. The Hall–Kier alpha value is -3.15. The molecule has 6 heteroatoms. The maximum Gasteiger partial charge on any atom is 0.240 e. The zero-order valence-electron chi connectivity index (χ0n) is 15.7. The molecule has 140 valence electrons. The average Bonchev–Trinajstić information content (AvgIpc) is 3.40. The molecule has 1 saturated carbocycles.